The number of nitriles is 1. The lowest BCUT2D eigenvalue weighted by Crippen LogP contribution is -2.08. The molecule has 0 saturated heterocycles. The van der Waals surface area contributed by atoms with Gasteiger partial charge in [-0.2, -0.15) is 5.26 Å². The largest absolute Gasteiger partial charge is 0.346 e. The fraction of sp³-hybridized carbons (Fsp3) is 0.350. The third-order valence-electron chi connectivity index (χ3n) is 4.79. The van der Waals surface area contributed by atoms with Crippen molar-refractivity contribution in [2.24, 2.45) is 0 Å². The molecule has 0 radical (unpaired) electrons. The summed E-state index contributed by atoms with van der Waals surface area (Å²) < 4.78 is 15.5. The molecule has 1 aliphatic carbocycles. The summed E-state index contributed by atoms with van der Waals surface area (Å²) in [6.45, 7) is 4.25. The fourth-order valence-electron chi connectivity index (χ4n) is 3.64. The zero-order chi connectivity index (χ0) is 16.4. The summed E-state index contributed by atoms with van der Waals surface area (Å²) in [7, 11) is 0. The molecule has 0 bridgehead atoms. The first-order valence-corrected chi connectivity index (χ1v) is 8.16. The summed E-state index contributed by atoms with van der Waals surface area (Å²) in [5.41, 5.74) is 4.85. The normalized spacial score (nSPS) is 15.8. The Kier molecular flexibility index (Phi) is 4.34. The summed E-state index contributed by atoms with van der Waals surface area (Å²) in [5, 5.41) is 9.47. The van der Waals surface area contributed by atoms with E-state index in [1.807, 2.05) is 6.08 Å². The van der Waals surface area contributed by atoms with Crippen LogP contribution in [0.25, 0.3) is 11.6 Å². The third-order valence-corrected chi connectivity index (χ3v) is 4.79. The minimum absolute atomic E-state index is 0.287. The van der Waals surface area contributed by atoms with Crippen LogP contribution in [-0.4, -0.2) is 4.57 Å². The van der Waals surface area contributed by atoms with Gasteiger partial charge in [-0.15, -0.1) is 0 Å². The molecule has 1 fully saturated rings. The quantitative estimate of drug-likeness (QED) is 0.696. The van der Waals surface area contributed by atoms with Gasteiger partial charge in [0, 0.05) is 17.4 Å². The fourth-order valence-corrected chi connectivity index (χ4v) is 3.64. The second kappa shape index (κ2) is 6.42. The van der Waals surface area contributed by atoms with Crippen LogP contribution >= 0.6 is 0 Å². The van der Waals surface area contributed by atoms with Gasteiger partial charge in [-0.25, -0.2) is 4.39 Å². The Morgan fingerprint density at radius 2 is 1.87 bits per heavy atom. The molecule has 1 heterocycles. The van der Waals surface area contributed by atoms with Crippen molar-refractivity contribution in [3.05, 3.63) is 58.7 Å². The highest BCUT2D eigenvalue weighted by Gasteiger charge is 2.21. The Labute approximate surface area is 136 Å². The van der Waals surface area contributed by atoms with Crippen LogP contribution in [0.15, 0.2) is 30.3 Å². The van der Waals surface area contributed by atoms with Gasteiger partial charge in [0.15, 0.2) is 0 Å². The molecule has 1 aromatic carbocycles. The number of aryl methyl sites for hydroxylation is 1. The standard InChI is InChI=1S/C20H21FN2/c1-14-11-17(15(2)23(14)20-5-3-4-6-20)12-18(13-22)16-7-9-19(21)10-8-16/h7-12,20H,3-6H2,1-2H3/b18-12-. The second-order valence-corrected chi connectivity index (χ2v) is 6.31. The first kappa shape index (κ1) is 15.6. The first-order valence-electron chi connectivity index (χ1n) is 8.16. The zero-order valence-electron chi connectivity index (χ0n) is 13.6. The van der Waals surface area contributed by atoms with E-state index in [0.717, 1.165) is 11.1 Å². The topological polar surface area (TPSA) is 28.7 Å². The third kappa shape index (κ3) is 3.07. The Bertz CT molecular complexity index is 769. The van der Waals surface area contributed by atoms with Gasteiger partial charge in [-0.1, -0.05) is 25.0 Å². The molecule has 3 heteroatoms. The van der Waals surface area contributed by atoms with Gasteiger partial charge in [-0.3, -0.25) is 0 Å². The summed E-state index contributed by atoms with van der Waals surface area (Å²) in [5.74, 6) is -0.287. The maximum absolute atomic E-state index is 13.1. The molecule has 0 unspecified atom stereocenters. The van der Waals surface area contributed by atoms with Crippen molar-refractivity contribution in [3.8, 4) is 6.07 Å². The predicted octanol–water partition coefficient (Wildman–Crippen LogP) is 5.42. The van der Waals surface area contributed by atoms with Crippen molar-refractivity contribution < 1.29 is 4.39 Å². The molecule has 23 heavy (non-hydrogen) atoms. The Morgan fingerprint density at radius 3 is 2.48 bits per heavy atom. The summed E-state index contributed by atoms with van der Waals surface area (Å²) in [4.78, 5) is 0. The Balaban J connectivity index is 1.99. The number of allylic oxidation sites excluding steroid dienone is 1. The number of rotatable bonds is 3. The molecule has 3 rings (SSSR count). The van der Waals surface area contributed by atoms with Crippen LogP contribution in [0.3, 0.4) is 0 Å². The van der Waals surface area contributed by atoms with Crippen LogP contribution in [0.4, 0.5) is 4.39 Å². The van der Waals surface area contributed by atoms with Gasteiger partial charge in [0.05, 0.1) is 11.6 Å². The molecule has 118 valence electrons. The number of nitrogens with zero attached hydrogens (tertiary/aromatic N) is 2. The van der Waals surface area contributed by atoms with Crippen molar-refractivity contribution >= 4 is 11.6 Å². The predicted molar refractivity (Wildman–Crippen MR) is 91.3 cm³/mol. The lowest BCUT2D eigenvalue weighted by Gasteiger charge is -2.17. The van der Waals surface area contributed by atoms with E-state index in [-0.39, 0.29) is 5.82 Å². The van der Waals surface area contributed by atoms with Gasteiger partial charge in [-0.05, 0) is 62.1 Å². The van der Waals surface area contributed by atoms with E-state index in [1.54, 1.807) is 12.1 Å². The van der Waals surface area contributed by atoms with Crippen molar-refractivity contribution in [2.75, 3.05) is 0 Å². The summed E-state index contributed by atoms with van der Waals surface area (Å²) >= 11 is 0. The van der Waals surface area contributed by atoms with E-state index in [0.29, 0.717) is 11.6 Å². The lowest BCUT2D eigenvalue weighted by atomic mass is 10.0. The van der Waals surface area contributed by atoms with Crippen LogP contribution < -0.4 is 0 Å². The van der Waals surface area contributed by atoms with E-state index in [2.05, 4.69) is 30.6 Å². The molecular weight excluding hydrogens is 287 g/mol. The van der Waals surface area contributed by atoms with Gasteiger partial charge in [0.2, 0.25) is 0 Å². The van der Waals surface area contributed by atoms with Crippen molar-refractivity contribution in [3.63, 3.8) is 0 Å². The van der Waals surface area contributed by atoms with Crippen LogP contribution in [0.2, 0.25) is 0 Å². The van der Waals surface area contributed by atoms with E-state index < -0.39 is 0 Å². The average molecular weight is 308 g/mol. The molecule has 0 aliphatic heterocycles. The van der Waals surface area contributed by atoms with E-state index in [4.69, 9.17) is 0 Å². The minimum Gasteiger partial charge on any atom is -0.346 e. The van der Waals surface area contributed by atoms with E-state index in [9.17, 15) is 9.65 Å². The maximum atomic E-state index is 13.1. The highest BCUT2D eigenvalue weighted by Crippen LogP contribution is 2.34. The lowest BCUT2D eigenvalue weighted by molar-refractivity contribution is 0.500. The summed E-state index contributed by atoms with van der Waals surface area (Å²) in [6.07, 6.45) is 6.99. The molecular formula is C20H21FN2. The molecule has 2 aromatic rings. The van der Waals surface area contributed by atoms with Crippen LogP contribution in [0, 0.1) is 31.0 Å². The van der Waals surface area contributed by atoms with E-state index >= 15 is 0 Å². The number of hydrogen-bond donors (Lipinski definition) is 0. The van der Waals surface area contributed by atoms with Gasteiger partial charge in [0.25, 0.3) is 0 Å². The molecule has 0 N–H and O–H groups in total. The number of halogens is 1. The molecule has 1 aliphatic rings. The van der Waals surface area contributed by atoms with E-state index in [1.165, 1.54) is 49.2 Å². The van der Waals surface area contributed by atoms with Crippen LogP contribution in [0.1, 0.15) is 54.2 Å². The smallest absolute Gasteiger partial charge is 0.123 e. The van der Waals surface area contributed by atoms with Crippen molar-refractivity contribution in [2.45, 2.75) is 45.6 Å². The molecule has 0 spiro atoms. The second-order valence-electron chi connectivity index (χ2n) is 6.31. The first-order chi connectivity index (χ1) is 11.1. The molecule has 2 nitrogen and oxygen atoms in total. The maximum Gasteiger partial charge on any atom is 0.123 e. The molecule has 0 atom stereocenters. The Morgan fingerprint density at radius 1 is 1.22 bits per heavy atom. The zero-order valence-corrected chi connectivity index (χ0v) is 13.6. The number of hydrogen-bond acceptors (Lipinski definition) is 1. The number of benzene rings is 1. The SMILES string of the molecule is Cc1cc(/C=C(/C#N)c2ccc(F)cc2)c(C)n1C1CCCC1. The number of aromatic nitrogens is 1. The molecule has 0 amide bonds. The van der Waals surface area contributed by atoms with Crippen LogP contribution in [-0.2, 0) is 0 Å². The van der Waals surface area contributed by atoms with Crippen molar-refractivity contribution in [1.82, 2.24) is 4.57 Å². The summed E-state index contributed by atoms with van der Waals surface area (Å²) in [6, 6.07) is 11.1. The highest BCUT2D eigenvalue weighted by molar-refractivity contribution is 5.90. The highest BCUT2D eigenvalue weighted by atomic mass is 19.1. The Hall–Kier alpha value is -2.34. The van der Waals surface area contributed by atoms with Crippen molar-refractivity contribution in [1.29, 1.82) is 5.26 Å². The molecule has 1 saturated carbocycles. The molecule has 1 aromatic heterocycles. The van der Waals surface area contributed by atoms with Gasteiger partial charge in [0.1, 0.15) is 5.82 Å². The van der Waals surface area contributed by atoms with Crippen LogP contribution in [0.5, 0.6) is 0 Å². The monoisotopic (exact) mass is 308 g/mol. The minimum atomic E-state index is -0.287. The van der Waals surface area contributed by atoms with Gasteiger partial charge < -0.3 is 4.57 Å². The average Bonchev–Trinajstić information content (AvgIpc) is 3.14. The van der Waals surface area contributed by atoms with Gasteiger partial charge >= 0.3 is 0 Å².